The van der Waals surface area contributed by atoms with Gasteiger partial charge in [-0.05, 0) is 35.2 Å². The number of fused-ring (bicyclic) bond motifs is 10. The maximum atomic E-state index is 14.6. The molecule has 8 aliphatic rings. The summed E-state index contributed by atoms with van der Waals surface area (Å²) in [6, 6.07) is 18.3. The fourth-order valence-corrected chi connectivity index (χ4v) is 13.1. The third-order valence-electron chi connectivity index (χ3n) is 16.9. The zero-order valence-corrected chi connectivity index (χ0v) is 45.4. The molecule has 25 nitrogen and oxygen atoms in total. The van der Waals surface area contributed by atoms with Crippen LogP contribution >= 0.6 is 0 Å². The first-order valence-electron chi connectivity index (χ1n) is 27.5. The highest BCUT2D eigenvalue weighted by Gasteiger charge is 2.57. The standard InChI is InChI=1S/C58H62N6O19/c1-26-51-36(64-15-16-77-55(76-3)54(64)83-51)17-42(81-26)82-38-19-58(74,18-32-44(38)50(71)46-45(48(32)69)47(68)31-13-8-14-37(75-2)43(31)49(46)70)56(72)63-35-25-79-52-34(24-78-53(35)52)62-41(67)22-60-39(65)20-59-40(66)21-61-57(73)80-23-33-29-11-6-4-9-27(29)28-10-5-7-12-30(28)33/h4-14,26,33-36,38,42,51-55,69,71,74H,15-25H2,1-3H3,(H,59,66)(H,60,65)(H,61,73)(H,62,67)(H,63,72)/t26-,34-,35-,36-,38-,42-,51+,52+,53+,54+,55-,58-/m0/s1. The van der Waals surface area contributed by atoms with Crippen LogP contribution < -0.4 is 31.3 Å². The molecule has 8 N–H and O–H groups in total. The van der Waals surface area contributed by atoms with E-state index < -0.39 is 163 Å². The van der Waals surface area contributed by atoms with Crippen molar-refractivity contribution < 1.29 is 91.5 Å². The molecule has 5 amide bonds. The number of rotatable bonds is 15. The van der Waals surface area contributed by atoms with E-state index in [4.69, 9.17) is 42.6 Å². The van der Waals surface area contributed by atoms with Crippen molar-refractivity contribution in [1.82, 2.24) is 31.5 Å². The molecular weight excluding hydrogens is 1080 g/mol. The number of amides is 5. The van der Waals surface area contributed by atoms with Gasteiger partial charge in [-0.2, -0.15) is 0 Å². The van der Waals surface area contributed by atoms with Crippen molar-refractivity contribution in [3.8, 4) is 28.4 Å². The largest absolute Gasteiger partial charge is 0.507 e. The molecule has 12 rings (SSSR count). The monoisotopic (exact) mass is 1150 g/mol. The topological polar surface area (TPSA) is 327 Å². The van der Waals surface area contributed by atoms with Crippen molar-refractivity contribution in [3.05, 3.63) is 111 Å². The van der Waals surface area contributed by atoms with E-state index in [0.717, 1.165) is 22.3 Å². The van der Waals surface area contributed by atoms with E-state index in [2.05, 4.69) is 31.5 Å². The average molecular weight is 1150 g/mol. The van der Waals surface area contributed by atoms with Gasteiger partial charge in [0.2, 0.25) is 23.5 Å². The van der Waals surface area contributed by atoms with Crippen LogP contribution in [-0.2, 0) is 63.5 Å². The summed E-state index contributed by atoms with van der Waals surface area (Å²) < 4.78 is 53.7. The minimum Gasteiger partial charge on any atom is -0.507 e. The zero-order valence-electron chi connectivity index (χ0n) is 45.4. The number of carbonyl (C=O) groups is 7. The quantitative estimate of drug-likeness (QED) is 0.0669. The number of benzene rings is 4. The van der Waals surface area contributed by atoms with E-state index >= 15 is 0 Å². The highest BCUT2D eigenvalue weighted by atomic mass is 16.7. The zero-order chi connectivity index (χ0) is 58.0. The molecule has 5 aliphatic heterocycles. The number of aliphatic hydroxyl groups is 1. The maximum Gasteiger partial charge on any atom is 0.407 e. The van der Waals surface area contributed by atoms with Crippen molar-refractivity contribution >= 4 is 41.3 Å². The lowest BCUT2D eigenvalue weighted by molar-refractivity contribution is -0.256. The predicted molar refractivity (Wildman–Crippen MR) is 284 cm³/mol. The Hall–Kier alpha value is -7.59. The van der Waals surface area contributed by atoms with E-state index in [1.54, 1.807) is 0 Å². The van der Waals surface area contributed by atoms with Crippen LogP contribution in [0.5, 0.6) is 17.2 Å². The van der Waals surface area contributed by atoms with Crippen molar-refractivity contribution in [3.63, 3.8) is 0 Å². The minimum absolute atomic E-state index is 0.0499. The molecule has 5 heterocycles. The lowest BCUT2D eigenvalue weighted by Gasteiger charge is -2.43. The molecule has 0 aromatic heterocycles. The number of ether oxygens (including phenoxy) is 9. The van der Waals surface area contributed by atoms with Crippen LogP contribution in [-0.4, -0.2) is 195 Å². The smallest absolute Gasteiger partial charge is 0.407 e. The molecule has 0 bridgehead atoms. The van der Waals surface area contributed by atoms with Gasteiger partial charge in [-0.15, -0.1) is 0 Å². The summed E-state index contributed by atoms with van der Waals surface area (Å²) in [6.45, 7) is 1.14. The minimum atomic E-state index is -2.40. The number of hydrogen-bond donors (Lipinski definition) is 8. The van der Waals surface area contributed by atoms with Crippen LogP contribution in [0.25, 0.3) is 11.1 Å². The number of phenols is 2. The van der Waals surface area contributed by atoms with Gasteiger partial charge in [0, 0.05) is 61.6 Å². The van der Waals surface area contributed by atoms with Gasteiger partial charge in [-0.3, -0.25) is 33.7 Å². The van der Waals surface area contributed by atoms with Crippen LogP contribution in [0, 0.1) is 0 Å². The molecule has 12 atom stereocenters. The molecule has 4 aromatic carbocycles. The fourth-order valence-electron chi connectivity index (χ4n) is 13.1. The van der Waals surface area contributed by atoms with Crippen molar-refractivity contribution in [1.29, 1.82) is 0 Å². The molecule has 0 spiro atoms. The summed E-state index contributed by atoms with van der Waals surface area (Å²) in [4.78, 5) is 96.1. The number of phenolic OH excluding ortho intramolecular Hbond substituents is 2. The number of nitrogens with zero attached hydrogens (tertiary/aromatic N) is 1. The normalized spacial score (nSPS) is 29.1. The second-order valence-electron chi connectivity index (χ2n) is 21.8. The van der Waals surface area contributed by atoms with Crippen LogP contribution in [0.4, 0.5) is 4.79 Å². The lowest BCUT2D eigenvalue weighted by Crippen LogP contribution is -2.57. The van der Waals surface area contributed by atoms with Gasteiger partial charge < -0.3 is 84.5 Å². The van der Waals surface area contributed by atoms with Gasteiger partial charge >= 0.3 is 6.09 Å². The average Bonchev–Trinajstić information content (AvgIpc) is 2.87. The number of morpholine rings is 1. The summed E-state index contributed by atoms with van der Waals surface area (Å²) in [5.41, 5.74) is 0.269. The molecule has 0 saturated carbocycles. The van der Waals surface area contributed by atoms with E-state index in [1.807, 2.05) is 55.5 Å². The van der Waals surface area contributed by atoms with Crippen LogP contribution in [0.2, 0.25) is 0 Å². The number of hydrogen-bond acceptors (Lipinski definition) is 20. The lowest BCUT2D eigenvalue weighted by atomic mass is 9.72. The number of methoxy groups -OCH3 is 2. The van der Waals surface area contributed by atoms with Gasteiger partial charge in [0.25, 0.3) is 5.91 Å². The molecule has 83 heavy (non-hydrogen) atoms. The molecule has 5 saturated heterocycles. The maximum absolute atomic E-state index is 14.6. The summed E-state index contributed by atoms with van der Waals surface area (Å²) in [5.74, 6) is -6.03. The summed E-state index contributed by atoms with van der Waals surface area (Å²) in [6.07, 6.45) is -8.02. The fraction of sp³-hybridized carbons (Fsp3) is 0.466. The van der Waals surface area contributed by atoms with E-state index in [-0.39, 0.29) is 66.2 Å². The molecule has 0 unspecified atom stereocenters. The number of alkyl carbamates (subject to hydrolysis) is 1. The van der Waals surface area contributed by atoms with E-state index in [0.29, 0.717) is 13.2 Å². The Morgan fingerprint density at radius 3 is 2.05 bits per heavy atom. The number of nitrogens with one attached hydrogen (secondary N) is 5. The first-order valence-corrected chi connectivity index (χ1v) is 27.5. The van der Waals surface area contributed by atoms with E-state index in [1.165, 1.54) is 32.4 Å². The van der Waals surface area contributed by atoms with E-state index in [9.17, 15) is 48.9 Å². The summed E-state index contributed by atoms with van der Waals surface area (Å²) in [7, 11) is 2.85. The molecule has 4 aromatic rings. The number of ketones is 2. The highest BCUT2D eigenvalue weighted by Crippen LogP contribution is 2.53. The van der Waals surface area contributed by atoms with Crippen LogP contribution in [0.3, 0.4) is 0 Å². The molecule has 3 aliphatic carbocycles. The SMILES string of the molecule is COc1cccc2c1C(=O)c1c(O)c3c(c(O)c1C2=O)C[C@@](O)(C(=O)N[C@H]1CO[C@H]2[C@@H]1OC[C@@H]2NC(=O)CNC(=O)CNC(=O)CNC(=O)OCC1c2ccccc2-c2ccccc21)C[C@@H]3O[C@H]1C[C@H]2[C@H](O[C@@H]3[C@@H](OC)OCCN32)[C@H](C)O1. The third-order valence-corrected chi connectivity index (χ3v) is 16.9. The summed E-state index contributed by atoms with van der Waals surface area (Å²) in [5, 5.41) is 49.8. The predicted octanol–water partition coefficient (Wildman–Crippen LogP) is 0.688. The Labute approximate surface area is 474 Å². The molecule has 438 valence electrons. The van der Waals surface area contributed by atoms with Crippen LogP contribution in [0.15, 0.2) is 66.7 Å². The van der Waals surface area contributed by atoms with Gasteiger partial charge in [-0.1, -0.05) is 60.7 Å². The first-order chi connectivity index (χ1) is 40.0. The van der Waals surface area contributed by atoms with Gasteiger partial charge in [0.15, 0.2) is 24.6 Å². The molecule has 0 radical (unpaired) electrons. The number of aromatic hydroxyl groups is 2. The third kappa shape index (κ3) is 10.1. The Morgan fingerprint density at radius 1 is 0.723 bits per heavy atom. The molecule has 25 heteroatoms. The Morgan fingerprint density at radius 2 is 1.36 bits per heavy atom. The first kappa shape index (κ1) is 55.9. The highest BCUT2D eigenvalue weighted by molar-refractivity contribution is 6.31. The van der Waals surface area contributed by atoms with Crippen LogP contribution in [0.1, 0.15) is 85.9 Å². The summed E-state index contributed by atoms with van der Waals surface area (Å²) >= 11 is 0. The van der Waals surface area contributed by atoms with Gasteiger partial charge in [-0.25, -0.2) is 4.79 Å². The van der Waals surface area contributed by atoms with Crippen molar-refractivity contribution in [2.24, 2.45) is 0 Å². The second kappa shape index (κ2) is 22.5. The Balaban J connectivity index is 0.664. The van der Waals surface area contributed by atoms with Crippen molar-refractivity contribution in [2.45, 2.75) is 105 Å². The Bertz CT molecular complexity index is 3260. The molecule has 5 fully saturated rings. The van der Waals surface area contributed by atoms with Gasteiger partial charge in [0.05, 0.1) is 81.0 Å². The number of carbonyl (C=O) groups excluding carboxylic acids is 7. The molecular formula is C58H62N6O19. The second-order valence-corrected chi connectivity index (χ2v) is 21.8. The van der Waals surface area contributed by atoms with Crippen molar-refractivity contribution in [2.75, 3.05) is 66.8 Å². The van der Waals surface area contributed by atoms with Gasteiger partial charge in [0.1, 0.15) is 54.3 Å². The Kier molecular flexibility index (Phi) is 15.2.